The van der Waals surface area contributed by atoms with Crippen LogP contribution in [0.1, 0.15) is 30.7 Å². The maximum absolute atomic E-state index is 12.3. The lowest BCUT2D eigenvalue weighted by molar-refractivity contribution is -0.117. The van der Waals surface area contributed by atoms with Crippen LogP contribution in [0.3, 0.4) is 0 Å². The molecule has 118 valence electrons. The molecule has 0 fully saturated rings. The van der Waals surface area contributed by atoms with Gasteiger partial charge in [0, 0.05) is 24.2 Å². The number of rotatable bonds is 3. The van der Waals surface area contributed by atoms with E-state index in [4.69, 9.17) is 6.42 Å². The molecule has 3 rings (SSSR count). The van der Waals surface area contributed by atoms with Crippen molar-refractivity contribution >= 4 is 11.6 Å². The molecule has 2 heterocycles. The van der Waals surface area contributed by atoms with Gasteiger partial charge in [0.1, 0.15) is 12.4 Å². The Morgan fingerprint density at radius 2 is 2.22 bits per heavy atom. The molecular weight excluding hydrogens is 292 g/mol. The highest BCUT2D eigenvalue weighted by Gasteiger charge is 2.17. The van der Waals surface area contributed by atoms with Crippen molar-refractivity contribution in [2.45, 2.75) is 38.8 Å². The molecule has 0 radical (unpaired) electrons. The molecule has 1 aromatic heterocycles. The first-order valence-corrected chi connectivity index (χ1v) is 7.70. The summed E-state index contributed by atoms with van der Waals surface area (Å²) in [6.07, 6.45) is 9.24. The average molecular weight is 310 g/mol. The van der Waals surface area contributed by atoms with Gasteiger partial charge < -0.3 is 5.32 Å². The predicted molar refractivity (Wildman–Crippen MR) is 87.0 cm³/mol. The Kier molecular flexibility index (Phi) is 4.29. The lowest BCUT2D eigenvalue weighted by Gasteiger charge is -2.05. The number of carbonyl (C=O) groups excluding carboxylic acids is 1. The molecule has 0 spiro atoms. The van der Waals surface area contributed by atoms with E-state index in [1.54, 1.807) is 28.8 Å². The fourth-order valence-electron chi connectivity index (χ4n) is 2.75. The Hall–Kier alpha value is -2.81. The summed E-state index contributed by atoms with van der Waals surface area (Å²) in [7, 11) is 0. The van der Waals surface area contributed by atoms with Crippen molar-refractivity contribution in [2.24, 2.45) is 0 Å². The first kappa shape index (κ1) is 15.1. The number of terminal acetylenes is 1. The Bertz CT molecular complexity index is 826. The highest BCUT2D eigenvalue weighted by Crippen LogP contribution is 2.11. The number of hydrogen-bond donors (Lipinski definition) is 1. The quantitative estimate of drug-likeness (QED) is 0.871. The van der Waals surface area contributed by atoms with Crippen molar-refractivity contribution in [1.29, 1.82) is 0 Å². The molecule has 1 amide bonds. The number of carbonyl (C=O) groups is 1. The molecule has 1 aliphatic heterocycles. The first-order chi connectivity index (χ1) is 11.2. The van der Waals surface area contributed by atoms with Crippen LogP contribution in [0.25, 0.3) is 0 Å². The van der Waals surface area contributed by atoms with Crippen LogP contribution in [0, 0.1) is 12.3 Å². The third kappa shape index (κ3) is 3.34. The van der Waals surface area contributed by atoms with E-state index in [1.165, 1.54) is 4.68 Å². The van der Waals surface area contributed by atoms with Gasteiger partial charge in [-0.15, -0.1) is 6.42 Å². The molecule has 0 aliphatic carbocycles. The lowest BCUT2D eigenvalue weighted by Crippen LogP contribution is -2.30. The number of amides is 1. The maximum Gasteiger partial charge on any atom is 0.346 e. The van der Waals surface area contributed by atoms with Crippen LogP contribution in [0.2, 0.25) is 0 Å². The fraction of sp³-hybridized carbons (Fsp3) is 0.353. The molecule has 0 saturated heterocycles. The minimum absolute atomic E-state index is 0.0981. The molecule has 23 heavy (non-hydrogen) atoms. The Labute approximate surface area is 134 Å². The van der Waals surface area contributed by atoms with E-state index in [2.05, 4.69) is 16.3 Å². The monoisotopic (exact) mass is 310 g/mol. The second-order valence-electron chi connectivity index (χ2n) is 5.59. The number of aryl methyl sites for hydroxylation is 1. The number of anilines is 1. The normalized spacial score (nSPS) is 13.7. The molecule has 1 aromatic carbocycles. The molecule has 2 aromatic rings. The summed E-state index contributed by atoms with van der Waals surface area (Å²) in [5.41, 5.74) is 1.09. The van der Waals surface area contributed by atoms with Gasteiger partial charge in [-0.2, -0.15) is 5.10 Å². The summed E-state index contributed by atoms with van der Waals surface area (Å²) in [6.45, 7) is 0.582. The summed E-state index contributed by atoms with van der Waals surface area (Å²) in [5.74, 6) is 2.99. The van der Waals surface area contributed by atoms with Gasteiger partial charge in [0.25, 0.3) is 0 Å². The van der Waals surface area contributed by atoms with Crippen LogP contribution in [-0.4, -0.2) is 20.3 Å². The molecular formula is C17H18N4O2. The summed E-state index contributed by atoms with van der Waals surface area (Å²) < 4.78 is 2.92. The van der Waals surface area contributed by atoms with Crippen molar-refractivity contribution in [3.05, 3.63) is 46.1 Å². The zero-order valence-electron chi connectivity index (χ0n) is 12.8. The van der Waals surface area contributed by atoms with Crippen molar-refractivity contribution < 1.29 is 4.79 Å². The fourth-order valence-corrected chi connectivity index (χ4v) is 2.75. The van der Waals surface area contributed by atoms with E-state index in [1.807, 2.05) is 0 Å². The molecule has 6 heteroatoms. The van der Waals surface area contributed by atoms with Gasteiger partial charge >= 0.3 is 5.69 Å². The van der Waals surface area contributed by atoms with Gasteiger partial charge in [0.15, 0.2) is 0 Å². The highest BCUT2D eigenvalue weighted by molar-refractivity contribution is 5.90. The van der Waals surface area contributed by atoms with Gasteiger partial charge in [-0.05, 0) is 31.0 Å². The average Bonchev–Trinajstić information content (AvgIpc) is 2.73. The van der Waals surface area contributed by atoms with Gasteiger partial charge in [0.05, 0.1) is 0 Å². The van der Waals surface area contributed by atoms with Crippen molar-refractivity contribution in [3.63, 3.8) is 0 Å². The molecule has 1 N–H and O–H groups in total. The second-order valence-corrected chi connectivity index (χ2v) is 5.59. The minimum atomic E-state index is -0.297. The number of aromatic nitrogens is 3. The first-order valence-electron chi connectivity index (χ1n) is 7.70. The molecule has 1 aliphatic rings. The van der Waals surface area contributed by atoms with Crippen LogP contribution in [0.5, 0.6) is 0 Å². The topological polar surface area (TPSA) is 68.9 Å². The predicted octanol–water partition coefficient (Wildman–Crippen LogP) is 1.39. The van der Waals surface area contributed by atoms with Crippen LogP contribution in [0.15, 0.2) is 29.1 Å². The number of nitrogens with zero attached hydrogens (tertiary/aromatic N) is 3. The smallest absolute Gasteiger partial charge is 0.324 e. The van der Waals surface area contributed by atoms with E-state index >= 15 is 0 Å². The van der Waals surface area contributed by atoms with Gasteiger partial charge in [-0.25, -0.2) is 9.48 Å². The molecule has 0 saturated carbocycles. The summed E-state index contributed by atoms with van der Waals surface area (Å²) in [6, 6.07) is 7.02. The van der Waals surface area contributed by atoms with Gasteiger partial charge in [-0.3, -0.25) is 9.36 Å². The van der Waals surface area contributed by atoms with E-state index < -0.39 is 0 Å². The second kappa shape index (κ2) is 6.53. The zero-order chi connectivity index (χ0) is 16.2. The third-order valence-corrected chi connectivity index (χ3v) is 3.89. The standard InChI is InChI=1S/C17H18N4O2/c1-2-13-7-6-8-14(11-13)18-16(22)12-21-17(23)20-10-5-3-4-9-15(20)19-21/h1,6-8,11H,3-5,9-10,12H2,(H,18,22). The van der Waals surface area contributed by atoms with Gasteiger partial charge in [-0.1, -0.05) is 18.4 Å². The zero-order valence-corrected chi connectivity index (χ0v) is 12.8. The number of nitrogens with one attached hydrogen (secondary N) is 1. The number of hydrogen-bond acceptors (Lipinski definition) is 3. The van der Waals surface area contributed by atoms with Crippen molar-refractivity contribution in [2.75, 3.05) is 5.32 Å². The SMILES string of the molecule is C#Cc1cccc(NC(=O)Cn2nc3n(c2=O)CCCCC3)c1. The van der Waals surface area contributed by atoms with E-state index in [0.717, 1.165) is 31.5 Å². The van der Waals surface area contributed by atoms with Gasteiger partial charge in [0.2, 0.25) is 5.91 Å². The number of fused-ring (bicyclic) bond motifs is 1. The minimum Gasteiger partial charge on any atom is -0.324 e. The highest BCUT2D eigenvalue weighted by atomic mass is 16.2. The Balaban J connectivity index is 1.73. The van der Waals surface area contributed by atoms with Crippen LogP contribution < -0.4 is 11.0 Å². The van der Waals surface area contributed by atoms with Crippen LogP contribution >= 0.6 is 0 Å². The molecule has 6 nitrogen and oxygen atoms in total. The van der Waals surface area contributed by atoms with E-state index in [0.29, 0.717) is 17.8 Å². The van der Waals surface area contributed by atoms with Crippen molar-refractivity contribution in [1.82, 2.24) is 14.3 Å². The largest absolute Gasteiger partial charge is 0.346 e. The summed E-state index contributed by atoms with van der Waals surface area (Å²) in [5, 5.41) is 7.04. The molecule has 0 bridgehead atoms. The lowest BCUT2D eigenvalue weighted by atomic mass is 10.2. The van der Waals surface area contributed by atoms with E-state index in [-0.39, 0.29) is 18.1 Å². The summed E-state index contributed by atoms with van der Waals surface area (Å²) in [4.78, 5) is 24.5. The Morgan fingerprint density at radius 1 is 1.35 bits per heavy atom. The maximum atomic E-state index is 12.3. The van der Waals surface area contributed by atoms with E-state index in [9.17, 15) is 9.59 Å². The summed E-state index contributed by atoms with van der Waals surface area (Å²) >= 11 is 0. The van der Waals surface area contributed by atoms with Crippen molar-refractivity contribution in [3.8, 4) is 12.3 Å². The Morgan fingerprint density at radius 3 is 3.04 bits per heavy atom. The third-order valence-electron chi connectivity index (χ3n) is 3.89. The van der Waals surface area contributed by atoms with Crippen LogP contribution in [0.4, 0.5) is 5.69 Å². The molecule has 0 atom stereocenters. The molecule has 0 unspecified atom stereocenters. The number of benzene rings is 1. The van der Waals surface area contributed by atoms with Crippen LogP contribution in [-0.2, 0) is 24.3 Å².